The van der Waals surface area contributed by atoms with Gasteiger partial charge in [-0.15, -0.1) is 0 Å². The van der Waals surface area contributed by atoms with E-state index >= 15 is 0 Å². The summed E-state index contributed by atoms with van der Waals surface area (Å²) in [6, 6.07) is 11.8. The highest BCUT2D eigenvalue weighted by Gasteiger charge is 2.26. The van der Waals surface area contributed by atoms with Gasteiger partial charge < -0.3 is 10.6 Å². The van der Waals surface area contributed by atoms with E-state index in [2.05, 4.69) is 41.8 Å². The molecular formula is C25H22FN7O2. The molecule has 2 heterocycles. The maximum atomic E-state index is 13.4. The van der Waals surface area contributed by atoms with Gasteiger partial charge in [0, 0.05) is 18.2 Å². The summed E-state index contributed by atoms with van der Waals surface area (Å²) in [5.41, 5.74) is 4.57. The highest BCUT2D eigenvalue weighted by atomic mass is 19.1. The van der Waals surface area contributed by atoms with Crippen molar-refractivity contribution in [1.29, 1.82) is 0 Å². The predicted molar refractivity (Wildman–Crippen MR) is 125 cm³/mol. The van der Waals surface area contributed by atoms with Crippen molar-refractivity contribution >= 4 is 11.8 Å². The largest absolute Gasteiger partial charge is 0.347 e. The van der Waals surface area contributed by atoms with Crippen molar-refractivity contribution in [2.75, 3.05) is 0 Å². The Balaban J connectivity index is 1.24. The van der Waals surface area contributed by atoms with Gasteiger partial charge in [0.15, 0.2) is 5.82 Å². The van der Waals surface area contributed by atoms with Gasteiger partial charge >= 0.3 is 0 Å². The quantitative estimate of drug-likeness (QED) is 0.397. The highest BCUT2D eigenvalue weighted by Crippen LogP contribution is 2.33. The van der Waals surface area contributed by atoms with Crippen LogP contribution in [0, 0.1) is 12.7 Å². The number of nitrogens with one attached hydrogen (secondary N) is 3. The Labute approximate surface area is 200 Å². The number of carbonyl (C=O) groups excluding carboxylic acids is 2. The van der Waals surface area contributed by atoms with Gasteiger partial charge in [0.25, 0.3) is 11.8 Å². The number of aromatic nitrogens is 5. The first-order valence-electron chi connectivity index (χ1n) is 11.1. The van der Waals surface area contributed by atoms with E-state index in [0.717, 1.165) is 35.1 Å². The SMILES string of the molecule is Cc1cc(CNC(=O)c2cc(C(=O)NC3CCc4cc(-c5ncn[nH]5)ccc43)ncn2)ccc1F. The number of nitrogens with zero attached hydrogens (tertiary/aromatic N) is 4. The summed E-state index contributed by atoms with van der Waals surface area (Å²) < 4.78 is 13.4. The number of hydrogen-bond acceptors (Lipinski definition) is 6. The second-order valence-corrected chi connectivity index (χ2v) is 8.37. The molecule has 3 N–H and O–H groups in total. The molecule has 0 bridgehead atoms. The van der Waals surface area contributed by atoms with E-state index in [-0.39, 0.29) is 35.7 Å². The Bertz CT molecular complexity index is 1400. The molecule has 9 nitrogen and oxygen atoms in total. The van der Waals surface area contributed by atoms with Gasteiger partial charge in [-0.2, -0.15) is 5.10 Å². The Hall–Kier alpha value is -4.47. The van der Waals surface area contributed by atoms with E-state index in [1.165, 1.54) is 24.8 Å². The van der Waals surface area contributed by atoms with Gasteiger partial charge in [-0.05, 0) is 54.2 Å². The molecule has 176 valence electrons. The molecule has 0 radical (unpaired) electrons. The molecule has 2 aromatic carbocycles. The zero-order valence-electron chi connectivity index (χ0n) is 18.9. The number of carbonyl (C=O) groups is 2. The van der Waals surface area contributed by atoms with E-state index in [0.29, 0.717) is 11.4 Å². The number of H-pyrrole nitrogens is 1. The van der Waals surface area contributed by atoms with Crippen molar-refractivity contribution in [2.45, 2.75) is 32.4 Å². The number of halogens is 1. The number of benzene rings is 2. The van der Waals surface area contributed by atoms with E-state index < -0.39 is 5.91 Å². The standard InChI is InChI=1S/C25H22FN7O2/c1-14-8-15(2-6-19(14)26)11-27-24(34)21-10-22(29-12-28-21)25(35)32-20-7-4-16-9-17(3-5-18(16)20)23-30-13-31-33-23/h2-3,5-6,8-10,12-13,20H,4,7,11H2,1H3,(H,27,34)(H,32,35)(H,30,31,33). The van der Waals surface area contributed by atoms with Crippen LogP contribution in [0.5, 0.6) is 0 Å². The third-order valence-electron chi connectivity index (χ3n) is 6.02. The summed E-state index contributed by atoms with van der Waals surface area (Å²) in [6.45, 7) is 1.87. The predicted octanol–water partition coefficient (Wildman–Crippen LogP) is 3.06. The third-order valence-corrected chi connectivity index (χ3v) is 6.02. The molecule has 2 amide bonds. The molecule has 0 aliphatic heterocycles. The second kappa shape index (κ2) is 9.41. The summed E-state index contributed by atoms with van der Waals surface area (Å²) in [7, 11) is 0. The first kappa shape index (κ1) is 22.3. The van der Waals surface area contributed by atoms with Crippen molar-refractivity contribution in [3.63, 3.8) is 0 Å². The van der Waals surface area contributed by atoms with E-state index in [9.17, 15) is 14.0 Å². The maximum absolute atomic E-state index is 13.4. The number of hydrogen-bond donors (Lipinski definition) is 3. The molecular weight excluding hydrogens is 449 g/mol. The topological polar surface area (TPSA) is 126 Å². The fraction of sp³-hybridized carbons (Fsp3) is 0.200. The zero-order chi connectivity index (χ0) is 24.4. The zero-order valence-corrected chi connectivity index (χ0v) is 18.9. The lowest BCUT2D eigenvalue weighted by atomic mass is 10.0. The molecule has 2 aromatic heterocycles. The van der Waals surface area contributed by atoms with Crippen LogP contribution in [0.25, 0.3) is 11.4 Å². The Morgan fingerprint density at radius 2 is 1.86 bits per heavy atom. The van der Waals surface area contributed by atoms with Crippen molar-refractivity contribution in [1.82, 2.24) is 35.8 Å². The van der Waals surface area contributed by atoms with Crippen LogP contribution in [-0.4, -0.2) is 37.0 Å². The summed E-state index contributed by atoms with van der Waals surface area (Å²) in [5, 5.41) is 12.5. The summed E-state index contributed by atoms with van der Waals surface area (Å²) >= 11 is 0. The molecule has 0 spiro atoms. The number of amides is 2. The lowest BCUT2D eigenvalue weighted by Gasteiger charge is -2.14. The maximum Gasteiger partial charge on any atom is 0.270 e. The van der Waals surface area contributed by atoms with Crippen LogP contribution in [0.15, 0.2) is 55.1 Å². The van der Waals surface area contributed by atoms with Crippen LogP contribution < -0.4 is 10.6 Å². The average molecular weight is 471 g/mol. The first-order valence-corrected chi connectivity index (χ1v) is 11.1. The van der Waals surface area contributed by atoms with Crippen LogP contribution in [0.1, 0.15) is 55.7 Å². The monoisotopic (exact) mass is 471 g/mol. The average Bonchev–Trinajstić information content (AvgIpc) is 3.55. The third kappa shape index (κ3) is 4.77. The van der Waals surface area contributed by atoms with Crippen molar-refractivity contribution in [3.05, 3.63) is 94.6 Å². The van der Waals surface area contributed by atoms with Crippen LogP contribution in [0.2, 0.25) is 0 Å². The van der Waals surface area contributed by atoms with Crippen molar-refractivity contribution in [2.24, 2.45) is 0 Å². The van der Waals surface area contributed by atoms with Crippen LogP contribution in [0.3, 0.4) is 0 Å². The Morgan fingerprint density at radius 1 is 1.03 bits per heavy atom. The van der Waals surface area contributed by atoms with Crippen molar-refractivity contribution < 1.29 is 14.0 Å². The number of fused-ring (bicyclic) bond motifs is 1. The fourth-order valence-electron chi connectivity index (χ4n) is 4.19. The summed E-state index contributed by atoms with van der Waals surface area (Å²) in [5.74, 6) is -0.435. The van der Waals surface area contributed by atoms with Gasteiger partial charge in [0.2, 0.25) is 0 Å². The second-order valence-electron chi connectivity index (χ2n) is 8.37. The minimum absolute atomic E-state index is 0.0764. The summed E-state index contributed by atoms with van der Waals surface area (Å²) in [6.07, 6.45) is 4.24. The van der Waals surface area contributed by atoms with E-state index in [4.69, 9.17) is 0 Å². The van der Waals surface area contributed by atoms with Gasteiger partial charge in [-0.25, -0.2) is 19.3 Å². The van der Waals surface area contributed by atoms with E-state index in [1.807, 2.05) is 12.1 Å². The molecule has 4 aromatic rings. The van der Waals surface area contributed by atoms with Gasteiger partial charge in [0.05, 0.1) is 6.04 Å². The minimum Gasteiger partial charge on any atom is -0.347 e. The Kier molecular flexibility index (Phi) is 6.01. The van der Waals surface area contributed by atoms with Crippen LogP contribution in [-0.2, 0) is 13.0 Å². The molecule has 1 aliphatic rings. The van der Waals surface area contributed by atoms with Gasteiger partial charge in [-0.3, -0.25) is 14.7 Å². The van der Waals surface area contributed by atoms with Gasteiger partial charge in [-0.1, -0.05) is 24.3 Å². The first-order chi connectivity index (χ1) is 17.0. The highest BCUT2D eigenvalue weighted by molar-refractivity contribution is 5.97. The number of rotatable bonds is 6. The number of aryl methyl sites for hydroxylation is 2. The molecule has 5 rings (SSSR count). The lowest BCUT2D eigenvalue weighted by molar-refractivity contribution is 0.0931. The smallest absolute Gasteiger partial charge is 0.270 e. The molecule has 35 heavy (non-hydrogen) atoms. The van der Waals surface area contributed by atoms with Crippen LogP contribution >= 0.6 is 0 Å². The minimum atomic E-state index is -0.449. The molecule has 1 aliphatic carbocycles. The molecule has 0 fully saturated rings. The molecule has 0 saturated carbocycles. The van der Waals surface area contributed by atoms with Crippen molar-refractivity contribution in [3.8, 4) is 11.4 Å². The Morgan fingerprint density at radius 3 is 2.63 bits per heavy atom. The summed E-state index contributed by atoms with van der Waals surface area (Å²) in [4.78, 5) is 37.7. The molecule has 1 atom stereocenters. The van der Waals surface area contributed by atoms with Crippen LogP contribution in [0.4, 0.5) is 4.39 Å². The van der Waals surface area contributed by atoms with E-state index in [1.54, 1.807) is 19.1 Å². The van der Waals surface area contributed by atoms with Gasteiger partial charge in [0.1, 0.15) is 29.9 Å². The lowest BCUT2D eigenvalue weighted by Crippen LogP contribution is -2.29. The fourth-order valence-corrected chi connectivity index (χ4v) is 4.19. The number of aromatic amines is 1. The molecule has 10 heteroatoms. The normalized spacial score (nSPS) is 14.4. The molecule has 1 unspecified atom stereocenters. The molecule has 0 saturated heterocycles.